The predicted molar refractivity (Wildman–Crippen MR) is 270 cm³/mol. The lowest BCUT2D eigenvalue weighted by Crippen LogP contribution is -2.28. The van der Waals surface area contributed by atoms with Gasteiger partial charge in [0.25, 0.3) is 0 Å². The summed E-state index contributed by atoms with van der Waals surface area (Å²) in [6, 6.07) is 76.8. The van der Waals surface area contributed by atoms with Crippen LogP contribution in [-0.2, 0) is 16.2 Å². The van der Waals surface area contributed by atoms with E-state index in [1.807, 2.05) is 0 Å². The lowest BCUT2D eigenvalue weighted by atomic mass is 9.68. The number of anilines is 3. The highest BCUT2D eigenvalue weighted by molar-refractivity contribution is 5.97. The molecule has 0 heterocycles. The van der Waals surface area contributed by atoms with Crippen molar-refractivity contribution >= 4 is 17.1 Å². The molecule has 0 atom stereocenters. The summed E-state index contributed by atoms with van der Waals surface area (Å²) in [5.74, 6) is 0. The molecule has 0 radical (unpaired) electrons. The van der Waals surface area contributed by atoms with Crippen molar-refractivity contribution < 1.29 is 0 Å². The summed E-state index contributed by atoms with van der Waals surface area (Å²) >= 11 is 0. The number of nitrogens with zero attached hydrogens (tertiary/aromatic N) is 1. The minimum absolute atomic E-state index is 0.0503. The molecule has 14 rings (SSSR count). The highest BCUT2D eigenvalue weighted by atomic mass is 15.1. The number of fused-ring (bicyclic) bond motifs is 18. The van der Waals surface area contributed by atoms with Gasteiger partial charge in [-0.25, -0.2) is 0 Å². The second-order valence-electron chi connectivity index (χ2n) is 19.8. The maximum absolute atomic E-state index is 2.58. The van der Waals surface area contributed by atoms with Crippen LogP contribution in [0.15, 0.2) is 200 Å². The molecule has 9 aromatic rings. The highest BCUT2D eigenvalue weighted by Gasteiger charge is 2.52. The summed E-state index contributed by atoms with van der Waals surface area (Å²) in [7, 11) is 0. The molecule has 0 N–H and O–H groups in total. The Morgan fingerprint density at radius 3 is 1.32 bits per heavy atom. The van der Waals surface area contributed by atoms with Crippen LogP contribution in [0.5, 0.6) is 0 Å². The quantitative estimate of drug-likeness (QED) is 0.171. The zero-order chi connectivity index (χ0) is 43.1. The molecule has 0 bridgehead atoms. The first-order chi connectivity index (χ1) is 32.0. The fraction of sp³-hybridized carbons (Fsp3) is 0.156. The number of hydrogen-bond acceptors (Lipinski definition) is 1. The Balaban J connectivity index is 0.982. The third-order valence-corrected chi connectivity index (χ3v) is 16.5. The Kier molecular flexibility index (Phi) is 7.67. The lowest BCUT2D eigenvalue weighted by Gasteiger charge is -2.37. The molecule has 0 unspecified atom stereocenters. The molecular formula is C64H49N. The van der Waals surface area contributed by atoms with Crippen LogP contribution >= 0.6 is 0 Å². The number of benzene rings is 9. The summed E-state index contributed by atoms with van der Waals surface area (Å²) in [5.41, 5.74) is 27.8. The lowest BCUT2D eigenvalue weighted by molar-refractivity contribution is 0.353. The molecule has 2 spiro atoms. The van der Waals surface area contributed by atoms with Gasteiger partial charge in [-0.15, -0.1) is 0 Å². The van der Waals surface area contributed by atoms with Gasteiger partial charge < -0.3 is 4.90 Å². The SMILES string of the molecule is CC1(C)c2ccccc2-c2cccc(-c3ccc(N(c4ccc5c(c4)C4(CCCCC4)c4ccccc4-5)c4ccc5c(c4)C4(c6ccccc6-c6ccccc64)c4ccccc4-5)cc3)c21. The zero-order valence-electron chi connectivity index (χ0n) is 37.0. The maximum atomic E-state index is 2.58. The standard InChI is InChI=1S/C64H49N/c1-62(2)54-24-9-4-21-50(54)53-23-16-22-45(61(53)62)41-29-31-42(32-30-41)65(43-33-35-51-46-17-5-10-25-55(46)63(59(51)39-43)37-14-3-15-38-63)44-34-36-52-49-20-8-13-28-58(49)64(60(52)40-44)56-26-11-6-18-47(56)48-19-7-12-27-57(48)64/h4-13,16-36,39-40H,3,14-15,37-38H2,1-2H3. The zero-order valence-corrected chi connectivity index (χ0v) is 37.0. The molecule has 65 heavy (non-hydrogen) atoms. The minimum atomic E-state index is -0.422. The average molecular weight is 832 g/mol. The van der Waals surface area contributed by atoms with Gasteiger partial charge in [0.05, 0.1) is 5.41 Å². The normalized spacial score (nSPS) is 16.5. The molecule has 5 aliphatic carbocycles. The van der Waals surface area contributed by atoms with Crippen LogP contribution < -0.4 is 4.90 Å². The van der Waals surface area contributed by atoms with E-state index in [2.05, 4.69) is 219 Å². The highest BCUT2D eigenvalue weighted by Crippen LogP contribution is 2.64. The van der Waals surface area contributed by atoms with E-state index >= 15 is 0 Å². The largest absolute Gasteiger partial charge is 0.310 e. The molecule has 9 aromatic carbocycles. The first-order valence-electron chi connectivity index (χ1n) is 23.8. The van der Waals surface area contributed by atoms with Crippen molar-refractivity contribution in [1.82, 2.24) is 0 Å². The molecule has 310 valence electrons. The van der Waals surface area contributed by atoms with Crippen LogP contribution in [0.3, 0.4) is 0 Å². The molecule has 0 aliphatic heterocycles. The van der Waals surface area contributed by atoms with Crippen LogP contribution in [0, 0.1) is 0 Å². The van der Waals surface area contributed by atoms with Gasteiger partial charge in [0, 0.05) is 27.9 Å². The molecule has 1 heteroatoms. The van der Waals surface area contributed by atoms with E-state index in [4.69, 9.17) is 0 Å². The Morgan fingerprint density at radius 1 is 0.323 bits per heavy atom. The summed E-state index contributed by atoms with van der Waals surface area (Å²) in [6.07, 6.45) is 6.26. The van der Waals surface area contributed by atoms with Crippen molar-refractivity contribution in [1.29, 1.82) is 0 Å². The Labute approximate surface area is 382 Å². The van der Waals surface area contributed by atoms with Gasteiger partial charge in [0.2, 0.25) is 0 Å². The smallest absolute Gasteiger partial charge is 0.0726 e. The van der Waals surface area contributed by atoms with Crippen LogP contribution in [0.2, 0.25) is 0 Å². The van der Waals surface area contributed by atoms with E-state index < -0.39 is 5.41 Å². The molecule has 1 saturated carbocycles. The van der Waals surface area contributed by atoms with Crippen molar-refractivity contribution in [3.63, 3.8) is 0 Å². The first kappa shape index (κ1) is 37.2. The topological polar surface area (TPSA) is 3.24 Å². The second kappa shape index (κ2) is 13.4. The van der Waals surface area contributed by atoms with Crippen LogP contribution in [0.25, 0.3) is 55.6 Å². The van der Waals surface area contributed by atoms with Crippen molar-refractivity contribution in [2.24, 2.45) is 0 Å². The summed E-state index contributed by atoms with van der Waals surface area (Å²) in [4.78, 5) is 2.56. The van der Waals surface area contributed by atoms with E-state index in [9.17, 15) is 0 Å². The minimum Gasteiger partial charge on any atom is -0.310 e. The van der Waals surface area contributed by atoms with Gasteiger partial charge >= 0.3 is 0 Å². The van der Waals surface area contributed by atoms with Gasteiger partial charge in [-0.05, 0) is 149 Å². The summed E-state index contributed by atoms with van der Waals surface area (Å²) in [6.45, 7) is 4.78. The van der Waals surface area contributed by atoms with Crippen molar-refractivity contribution in [2.75, 3.05) is 4.90 Å². The maximum Gasteiger partial charge on any atom is 0.0726 e. The van der Waals surface area contributed by atoms with Crippen LogP contribution in [0.4, 0.5) is 17.1 Å². The Bertz CT molecular complexity index is 3390. The molecule has 0 aromatic heterocycles. The summed E-state index contributed by atoms with van der Waals surface area (Å²) < 4.78 is 0. The molecule has 0 saturated heterocycles. The summed E-state index contributed by atoms with van der Waals surface area (Å²) in [5, 5.41) is 0. The molecule has 5 aliphatic rings. The Morgan fingerprint density at radius 2 is 0.738 bits per heavy atom. The van der Waals surface area contributed by atoms with E-state index in [1.165, 1.54) is 144 Å². The van der Waals surface area contributed by atoms with Gasteiger partial charge in [0.1, 0.15) is 0 Å². The van der Waals surface area contributed by atoms with Crippen molar-refractivity contribution in [3.8, 4) is 55.6 Å². The average Bonchev–Trinajstić information content (AvgIpc) is 4.01. The van der Waals surface area contributed by atoms with Gasteiger partial charge in [-0.3, -0.25) is 0 Å². The monoisotopic (exact) mass is 831 g/mol. The third kappa shape index (κ3) is 4.83. The third-order valence-electron chi connectivity index (χ3n) is 16.5. The van der Waals surface area contributed by atoms with Gasteiger partial charge in [0.15, 0.2) is 0 Å². The van der Waals surface area contributed by atoms with E-state index in [1.54, 1.807) is 0 Å². The second-order valence-corrected chi connectivity index (χ2v) is 19.8. The van der Waals surface area contributed by atoms with Crippen LogP contribution in [0.1, 0.15) is 90.5 Å². The molecule has 0 amide bonds. The van der Waals surface area contributed by atoms with Gasteiger partial charge in [-0.2, -0.15) is 0 Å². The van der Waals surface area contributed by atoms with Crippen LogP contribution in [-0.4, -0.2) is 0 Å². The number of hydrogen-bond donors (Lipinski definition) is 0. The predicted octanol–water partition coefficient (Wildman–Crippen LogP) is 16.7. The van der Waals surface area contributed by atoms with Crippen molar-refractivity contribution in [3.05, 3.63) is 245 Å². The molecule has 1 nitrogen and oxygen atoms in total. The van der Waals surface area contributed by atoms with E-state index in [0.29, 0.717) is 0 Å². The fourth-order valence-electron chi connectivity index (χ4n) is 13.8. The molecular weight excluding hydrogens is 783 g/mol. The van der Waals surface area contributed by atoms with E-state index in [0.717, 1.165) is 5.69 Å². The first-order valence-corrected chi connectivity index (χ1v) is 23.8. The van der Waals surface area contributed by atoms with Gasteiger partial charge in [-0.1, -0.05) is 197 Å². The molecule has 1 fully saturated rings. The van der Waals surface area contributed by atoms with Crippen molar-refractivity contribution in [2.45, 2.75) is 62.2 Å². The van der Waals surface area contributed by atoms with E-state index in [-0.39, 0.29) is 10.8 Å². The Hall–Kier alpha value is -7.22. The number of rotatable bonds is 4. The fourth-order valence-corrected chi connectivity index (χ4v) is 13.8.